The van der Waals surface area contributed by atoms with Crippen LogP contribution in [0.25, 0.3) is 0 Å². The third-order valence-corrected chi connectivity index (χ3v) is 12.4. The van der Waals surface area contributed by atoms with E-state index in [9.17, 15) is 34.5 Å². The molecular weight excluding hydrogens is 638 g/mol. The molecule has 3 fully saturated rings. The van der Waals surface area contributed by atoms with Crippen LogP contribution >= 0.6 is 0 Å². The molecule has 50 heavy (non-hydrogen) atoms. The predicted molar refractivity (Wildman–Crippen MR) is 188 cm³/mol. The van der Waals surface area contributed by atoms with Gasteiger partial charge in [0.15, 0.2) is 5.66 Å². The number of carboxylic acid groups (broad SMARTS) is 2. The number of urea groups is 1. The summed E-state index contributed by atoms with van der Waals surface area (Å²) in [4.78, 5) is 57.8. The van der Waals surface area contributed by atoms with E-state index in [1.807, 2.05) is 60.0 Å². The highest BCUT2D eigenvalue weighted by atomic mass is 16.4. The van der Waals surface area contributed by atoms with Crippen molar-refractivity contribution in [3.05, 3.63) is 58.7 Å². The Hall–Kier alpha value is -4.00. The van der Waals surface area contributed by atoms with Crippen molar-refractivity contribution in [2.75, 3.05) is 51.1 Å². The molecule has 4 heterocycles. The van der Waals surface area contributed by atoms with Gasteiger partial charge in [-0.2, -0.15) is 4.79 Å². The first-order valence-electron chi connectivity index (χ1n) is 18.1. The zero-order valence-electron chi connectivity index (χ0n) is 29.4. The van der Waals surface area contributed by atoms with Crippen molar-refractivity contribution >= 4 is 30.1 Å². The van der Waals surface area contributed by atoms with Crippen molar-refractivity contribution < 1.29 is 39.0 Å². The number of amides is 3. The number of aromatic hydroxyl groups is 1. The summed E-state index contributed by atoms with van der Waals surface area (Å²) in [5.41, 5.74) is 2.89. The summed E-state index contributed by atoms with van der Waals surface area (Å²) >= 11 is 0. The van der Waals surface area contributed by atoms with Crippen LogP contribution in [0.3, 0.4) is 0 Å². The largest absolute Gasteiger partial charge is 0.515 e. The maximum Gasteiger partial charge on any atom is 0.515 e. The van der Waals surface area contributed by atoms with E-state index < -0.39 is 17.7 Å². The normalized spacial score (nSPS) is 27.3. The van der Waals surface area contributed by atoms with Gasteiger partial charge in [-0.05, 0) is 106 Å². The van der Waals surface area contributed by atoms with Crippen LogP contribution in [0.4, 0.5) is 15.3 Å². The van der Waals surface area contributed by atoms with Gasteiger partial charge in [0, 0.05) is 49.8 Å². The van der Waals surface area contributed by atoms with Gasteiger partial charge in [-0.15, -0.1) is 0 Å². The van der Waals surface area contributed by atoms with Crippen LogP contribution in [-0.4, -0.2) is 116 Å². The highest BCUT2D eigenvalue weighted by molar-refractivity contribution is 5.91. The molecule has 3 amide bonds. The quantitative estimate of drug-likeness (QED) is 0.209. The van der Waals surface area contributed by atoms with Crippen molar-refractivity contribution in [3.8, 4) is 5.75 Å². The van der Waals surface area contributed by atoms with Gasteiger partial charge in [0.1, 0.15) is 18.6 Å². The number of phenolic OH excluding ortho intramolecular Hbond substituents is 1. The van der Waals surface area contributed by atoms with Crippen LogP contribution < -0.4 is 5.32 Å². The first-order valence-corrected chi connectivity index (χ1v) is 18.1. The number of para-hydroxylation sites is 1. The average molecular weight is 691 g/mol. The second-order valence-electron chi connectivity index (χ2n) is 15.1. The third kappa shape index (κ3) is 6.85. The lowest BCUT2D eigenvalue weighted by Crippen LogP contribution is -2.78. The minimum absolute atomic E-state index is 0.0137. The average Bonchev–Trinajstić information content (AvgIpc) is 3.26. The number of anilines is 1. The van der Waals surface area contributed by atoms with Crippen LogP contribution in [0.1, 0.15) is 67.2 Å². The van der Waals surface area contributed by atoms with Gasteiger partial charge in [0.05, 0.1) is 19.5 Å². The second-order valence-corrected chi connectivity index (χ2v) is 15.1. The minimum atomic E-state index is -1.11. The number of aryl methyl sites for hydroxylation is 2. The maximum atomic E-state index is 13.9. The monoisotopic (exact) mass is 690 g/mol. The Kier molecular flexibility index (Phi) is 10.5. The lowest BCUT2D eigenvalue weighted by molar-refractivity contribution is -0.942. The number of hydrogen-bond donors (Lipinski definition) is 4. The molecule has 4 N–H and O–H groups in total. The Bertz CT molecular complexity index is 1580. The topological polar surface area (TPSA) is 151 Å². The number of carboxylic acids is 1. The van der Waals surface area contributed by atoms with Gasteiger partial charge in [0.2, 0.25) is 0 Å². The highest BCUT2D eigenvalue weighted by Crippen LogP contribution is 2.47. The van der Waals surface area contributed by atoms with Crippen molar-refractivity contribution in [1.29, 1.82) is 0 Å². The zero-order chi connectivity index (χ0) is 35.6. The first kappa shape index (κ1) is 35.8. The third-order valence-electron chi connectivity index (χ3n) is 12.4. The molecular formula is C38H52N5O7+. The molecule has 2 aromatic carbocycles. The molecule has 2 unspecified atom stereocenters. The number of carbonyl (C=O) groups is 4. The maximum absolute atomic E-state index is 13.9. The van der Waals surface area contributed by atoms with Crippen LogP contribution in [0.5, 0.6) is 5.75 Å². The Morgan fingerprint density at radius 3 is 2.22 bits per heavy atom. The molecule has 3 atom stereocenters. The number of piperidine rings is 3. The Morgan fingerprint density at radius 2 is 1.60 bits per heavy atom. The van der Waals surface area contributed by atoms with Crippen LogP contribution in [-0.2, 0) is 22.6 Å². The van der Waals surface area contributed by atoms with Crippen molar-refractivity contribution in [2.24, 2.45) is 11.8 Å². The number of benzene rings is 2. The van der Waals surface area contributed by atoms with Gasteiger partial charge in [-0.25, -0.2) is 9.28 Å². The zero-order valence-corrected chi connectivity index (χ0v) is 29.4. The summed E-state index contributed by atoms with van der Waals surface area (Å²) in [5, 5.41) is 34.2. The highest BCUT2D eigenvalue weighted by Gasteiger charge is 2.64. The Morgan fingerprint density at radius 1 is 0.960 bits per heavy atom. The fourth-order valence-corrected chi connectivity index (χ4v) is 9.73. The fourth-order valence-electron chi connectivity index (χ4n) is 9.73. The van der Waals surface area contributed by atoms with Gasteiger partial charge >= 0.3 is 18.1 Å². The van der Waals surface area contributed by atoms with Crippen molar-refractivity contribution in [3.63, 3.8) is 0 Å². The van der Waals surface area contributed by atoms with E-state index in [4.69, 9.17) is 0 Å². The summed E-state index contributed by atoms with van der Waals surface area (Å²) in [6.45, 7) is 7.39. The molecule has 0 aliphatic carbocycles. The van der Waals surface area contributed by atoms with Crippen LogP contribution in [0.2, 0.25) is 0 Å². The number of aliphatic carboxylic acids is 1. The van der Waals surface area contributed by atoms with Gasteiger partial charge in [-0.1, -0.05) is 18.2 Å². The van der Waals surface area contributed by atoms with Gasteiger partial charge in [-0.3, -0.25) is 14.6 Å². The molecule has 3 saturated heterocycles. The minimum Gasteiger partial charge on any atom is -0.507 e. The number of aldehydes is 1. The molecule has 270 valence electrons. The van der Waals surface area contributed by atoms with Crippen molar-refractivity contribution in [2.45, 2.75) is 83.5 Å². The molecule has 12 nitrogen and oxygen atoms in total. The molecule has 0 aromatic heterocycles. The first-order chi connectivity index (χ1) is 24.0. The van der Waals surface area contributed by atoms with E-state index in [1.165, 1.54) is 0 Å². The van der Waals surface area contributed by atoms with Crippen LogP contribution in [0, 0.1) is 25.7 Å². The Balaban J connectivity index is 1.32. The van der Waals surface area contributed by atoms with E-state index in [-0.39, 0.29) is 48.4 Å². The smallest absolute Gasteiger partial charge is 0.507 e. The Labute approximate surface area is 294 Å². The number of likely N-dealkylation sites (tertiary alicyclic amines) is 3. The summed E-state index contributed by atoms with van der Waals surface area (Å²) in [5.74, 6) is 0.308. The summed E-state index contributed by atoms with van der Waals surface area (Å²) in [6, 6.07) is 11.0. The molecule has 0 bridgehead atoms. The number of phenols is 1. The molecule has 0 radical (unpaired) electrons. The predicted octanol–water partition coefficient (Wildman–Crippen LogP) is 5.05. The van der Waals surface area contributed by atoms with E-state index in [1.54, 1.807) is 0 Å². The number of quaternary nitrogens is 1. The molecule has 0 spiro atoms. The lowest BCUT2D eigenvalue weighted by atomic mass is 9.76. The van der Waals surface area contributed by atoms with Gasteiger partial charge in [0.25, 0.3) is 0 Å². The number of carbonyl (C=O) groups excluding carboxylic acids is 2. The van der Waals surface area contributed by atoms with E-state index in [0.29, 0.717) is 61.9 Å². The molecule has 2 aromatic rings. The van der Waals surface area contributed by atoms with Crippen molar-refractivity contribution in [1.82, 2.24) is 14.7 Å². The molecule has 4 aliphatic rings. The summed E-state index contributed by atoms with van der Waals surface area (Å²) < 4.78 is -0.347. The lowest BCUT2D eigenvalue weighted by Gasteiger charge is -2.59. The van der Waals surface area contributed by atoms with E-state index >= 15 is 0 Å². The number of hydrogen-bond acceptors (Lipinski definition) is 7. The van der Waals surface area contributed by atoms with Gasteiger partial charge < -0.3 is 30.3 Å². The SMILES string of the molecule is Cc1cc(C[N@+]2(C(=O)O)CCC(N3CCc4ccccc4NC3=O)CC2(CC=O)N2CCC(C3CCN(CC(=O)O)CC3)CC2)cc(C)c1O. The number of rotatable bonds is 9. The molecule has 0 saturated carbocycles. The fraction of sp³-hybridized carbons (Fsp3) is 0.579. The summed E-state index contributed by atoms with van der Waals surface area (Å²) in [6.07, 6.45) is 5.00. The number of nitrogens with zero attached hydrogens (tertiary/aromatic N) is 4. The number of fused-ring (bicyclic) bond motifs is 1. The molecule has 6 rings (SSSR count). The molecule has 12 heteroatoms. The standard InChI is InChI=1S/C38H51N5O7/c1-26-21-28(22-27(2)35(26)47)25-43(37(49)50)19-12-32(42-18-11-31-5-3-4-6-33(31)39-36(42)48)23-38(43,13-20-44)41-16-9-30(10-17-41)29-7-14-40(15-8-29)24-34(45)46/h3-6,20-22,29-30,32H,7-19,23-25H2,1-2H3,(H3-,39,45,46,47,48,49,50)/p+1/t32?,38?,43-/m0/s1. The summed E-state index contributed by atoms with van der Waals surface area (Å²) in [7, 11) is 0. The number of nitrogens with one attached hydrogen (secondary N) is 1. The van der Waals surface area contributed by atoms with E-state index in [0.717, 1.165) is 61.9 Å². The second kappa shape index (κ2) is 14.7. The van der Waals surface area contributed by atoms with Crippen LogP contribution in [0.15, 0.2) is 36.4 Å². The molecule has 4 aliphatic heterocycles. The van der Waals surface area contributed by atoms with E-state index in [2.05, 4.69) is 10.2 Å².